The Morgan fingerprint density at radius 3 is 2.57 bits per heavy atom. The van der Waals surface area contributed by atoms with Gasteiger partial charge in [-0.15, -0.1) is 0 Å². The topological polar surface area (TPSA) is 43.1 Å². The molecule has 1 aromatic rings. The zero-order valence-corrected chi connectivity index (χ0v) is 7.59. The van der Waals surface area contributed by atoms with Crippen LogP contribution in [0.25, 0.3) is 0 Å². The molecule has 0 unspecified atom stereocenters. The predicted octanol–water partition coefficient (Wildman–Crippen LogP) is 1.89. The van der Waals surface area contributed by atoms with E-state index in [0.29, 0.717) is 13.0 Å². The van der Waals surface area contributed by atoms with E-state index in [1.807, 2.05) is 0 Å². The number of halogens is 2. The number of rotatable bonds is 4. The van der Waals surface area contributed by atoms with Crippen molar-refractivity contribution in [1.82, 2.24) is 0 Å². The molecule has 14 heavy (non-hydrogen) atoms. The highest BCUT2D eigenvalue weighted by Gasteiger charge is 2.08. The number of Topliss-reactive ketones (excluding diaryl/α,β-unsaturated/α-hetero) is 1. The minimum Gasteiger partial charge on any atom is -0.330 e. The van der Waals surface area contributed by atoms with Crippen molar-refractivity contribution in [3.63, 3.8) is 0 Å². The third-order valence-electron chi connectivity index (χ3n) is 1.85. The third kappa shape index (κ3) is 2.60. The first-order valence-electron chi connectivity index (χ1n) is 4.33. The molecule has 0 atom stereocenters. The Hall–Kier alpha value is -1.29. The molecule has 0 heterocycles. The van der Waals surface area contributed by atoms with Crippen LogP contribution in [-0.2, 0) is 0 Å². The van der Waals surface area contributed by atoms with Crippen molar-refractivity contribution in [2.24, 2.45) is 5.73 Å². The fraction of sp³-hybridized carbons (Fsp3) is 0.300. The van der Waals surface area contributed by atoms with Gasteiger partial charge in [-0.2, -0.15) is 0 Å². The second-order valence-corrected chi connectivity index (χ2v) is 2.94. The maximum Gasteiger partial charge on any atom is 0.163 e. The molecule has 2 nitrogen and oxygen atoms in total. The summed E-state index contributed by atoms with van der Waals surface area (Å²) in [6, 6.07) is 3.14. The highest BCUT2D eigenvalue weighted by Crippen LogP contribution is 2.11. The first-order chi connectivity index (χ1) is 6.65. The molecule has 1 aromatic carbocycles. The van der Waals surface area contributed by atoms with Crippen molar-refractivity contribution in [3.8, 4) is 0 Å². The van der Waals surface area contributed by atoms with Gasteiger partial charge in [-0.1, -0.05) is 0 Å². The van der Waals surface area contributed by atoms with Crippen LogP contribution in [0.3, 0.4) is 0 Å². The van der Waals surface area contributed by atoms with E-state index in [1.165, 1.54) is 6.07 Å². The normalized spacial score (nSPS) is 10.2. The van der Waals surface area contributed by atoms with Crippen LogP contribution >= 0.6 is 0 Å². The summed E-state index contributed by atoms with van der Waals surface area (Å²) in [5, 5.41) is 0. The van der Waals surface area contributed by atoms with Crippen molar-refractivity contribution >= 4 is 5.78 Å². The van der Waals surface area contributed by atoms with Crippen LogP contribution in [0.2, 0.25) is 0 Å². The van der Waals surface area contributed by atoms with Gasteiger partial charge < -0.3 is 5.73 Å². The second-order valence-electron chi connectivity index (χ2n) is 2.94. The molecule has 0 spiro atoms. The molecule has 0 saturated heterocycles. The average Bonchev–Trinajstić information content (AvgIpc) is 2.18. The van der Waals surface area contributed by atoms with E-state index >= 15 is 0 Å². The Balaban J connectivity index is 2.76. The fourth-order valence-electron chi connectivity index (χ4n) is 1.08. The van der Waals surface area contributed by atoms with Crippen molar-refractivity contribution in [1.29, 1.82) is 0 Å². The Bertz CT molecular complexity index is 339. The number of benzene rings is 1. The second kappa shape index (κ2) is 4.81. The molecular formula is C10H11F2NO. The van der Waals surface area contributed by atoms with Crippen LogP contribution in [0.4, 0.5) is 8.78 Å². The standard InChI is InChI=1S/C10H11F2NO/c11-8-4-3-7(6-9(8)12)10(14)2-1-5-13/h3-4,6H,1-2,5,13H2. The zero-order valence-electron chi connectivity index (χ0n) is 7.59. The lowest BCUT2D eigenvalue weighted by Gasteiger charge is -2.00. The van der Waals surface area contributed by atoms with Gasteiger partial charge in [0, 0.05) is 12.0 Å². The van der Waals surface area contributed by atoms with Gasteiger partial charge in [0.05, 0.1) is 0 Å². The molecule has 0 aliphatic heterocycles. The largest absolute Gasteiger partial charge is 0.330 e. The summed E-state index contributed by atoms with van der Waals surface area (Å²) in [4.78, 5) is 11.3. The SMILES string of the molecule is NCCCC(=O)c1ccc(F)c(F)c1. The average molecular weight is 199 g/mol. The van der Waals surface area contributed by atoms with Crippen LogP contribution < -0.4 is 5.73 Å². The van der Waals surface area contributed by atoms with Crippen LogP contribution in [0, 0.1) is 11.6 Å². The summed E-state index contributed by atoms with van der Waals surface area (Å²) in [6.07, 6.45) is 0.819. The lowest BCUT2D eigenvalue weighted by atomic mass is 10.1. The van der Waals surface area contributed by atoms with Gasteiger partial charge in [0.15, 0.2) is 17.4 Å². The number of carbonyl (C=O) groups is 1. The number of hydrogen-bond acceptors (Lipinski definition) is 2. The first-order valence-corrected chi connectivity index (χ1v) is 4.33. The molecule has 0 aliphatic carbocycles. The molecule has 0 aliphatic rings. The van der Waals surface area contributed by atoms with Crippen molar-refractivity contribution in [3.05, 3.63) is 35.4 Å². The quantitative estimate of drug-likeness (QED) is 0.752. The number of ketones is 1. The molecule has 0 radical (unpaired) electrons. The van der Waals surface area contributed by atoms with Gasteiger partial charge in [-0.05, 0) is 31.2 Å². The smallest absolute Gasteiger partial charge is 0.163 e. The van der Waals surface area contributed by atoms with E-state index in [1.54, 1.807) is 0 Å². The molecule has 76 valence electrons. The molecule has 4 heteroatoms. The number of carbonyl (C=O) groups excluding carboxylic acids is 1. The Morgan fingerprint density at radius 2 is 2.00 bits per heavy atom. The number of nitrogens with two attached hydrogens (primary N) is 1. The molecule has 0 bridgehead atoms. The van der Waals surface area contributed by atoms with Crippen LogP contribution in [-0.4, -0.2) is 12.3 Å². The third-order valence-corrected chi connectivity index (χ3v) is 1.85. The van der Waals surface area contributed by atoms with Crippen LogP contribution in [0.5, 0.6) is 0 Å². The maximum atomic E-state index is 12.7. The predicted molar refractivity (Wildman–Crippen MR) is 49.0 cm³/mol. The van der Waals surface area contributed by atoms with E-state index in [9.17, 15) is 13.6 Å². The molecule has 0 saturated carbocycles. The highest BCUT2D eigenvalue weighted by molar-refractivity contribution is 5.95. The Kier molecular flexibility index (Phi) is 3.71. The van der Waals surface area contributed by atoms with Crippen LogP contribution in [0.1, 0.15) is 23.2 Å². The fourth-order valence-corrected chi connectivity index (χ4v) is 1.08. The molecular weight excluding hydrogens is 188 g/mol. The molecule has 2 N–H and O–H groups in total. The molecule has 0 fully saturated rings. The van der Waals surface area contributed by atoms with Crippen molar-refractivity contribution < 1.29 is 13.6 Å². The van der Waals surface area contributed by atoms with Gasteiger partial charge in [0.1, 0.15) is 0 Å². The summed E-state index contributed by atoms with van der Waals surface area (Å²) in [7, 11) is 0. The summed E-state index contributed by atoms with van der Waals surface area (Å²) < 4.78 is 25.2. The van der Waals surface area contributed by atoms with Gasteiger partial charge >= 0.3 is 0 Å². The zero-order chi connectivity index (χ0) is 10.6. The lowest BCUT2D eigenvalue weighted by Crippen LogP contribution is -2.05. The summed E-state index contributed by atoms with van der Waals surface area (Å²) in [5.74, 6) is -2.15. The van der Waals surface area contributed by atoms with E-state index in [2.05, 4.69) is 0 Å². The van der Waals surface area contributed by atoms with Crippen molar-refractivity contribution in [2.45, 2.75) is 12.8 Å². The van der Waals surface area contributed by atoms with Gasteiger partial charge in [-0.3, -0.25) is 4.79 Å². The van der Waals surface area contributed by atoms with Gasteiger partial charge in [0.25, 0.3) is 0 Å². The Morgan fingerprint density at radius 1 is 1.29 bits per heavy atom. The highest BCUT2D eigenvalue weighted by atomic mass is 19.2. The molecule has 1 rings (SSSR count). The van der Waals surface area contributed by atoms with Gasteiger partial charge in [0.2, 0.25) is 0 Å². The first kappa shape index (κ1) is 10.8. The van der Waals surface area contributed by atoms with Gasteiger partial charge in [-0.25, -0.2) is 8.78 Å². The minimum atomic E-state index is -0.997. The summed E-state index contributed by atoms with van der Waals surface area (Å²) >= 11 is 0. The summed E-state index contributed by atoms with van der Waals surface area (Å²) in [5.41, 5.74) is 5.41. The molecule has 0 amide bonds. The van der Waals surface area contributed by atoms with E-state index in [0.717, 1.165) is 12.1 Å². The van der Waals surface area contributed by atoms with E-state index < -0.39 is 11.6 Å². The molecule has 0 aromatic heterocycles. The maximum absolute atomic E-state index is 12.7. The van der Waals surface area contributed by atoms with Crippen molar-refractivity contribution in [2.75, 3.05) is 6.54 Å². The summed E-state index contributed by atoms with van der Waals surface area (Å²) in [6.45, 7) is 0.412. The number of hydrogen-bond donors (Lipinski definition) is 1. The minimum absolute atomic E-state index is 0.192. The van der Waals surface area contributed by atoms with E-state index in [4.69, 9.17) is 5.73 Å². The van der Waals surface area contributed by atoms with Crippen LogP contribution in [0.15, 0.2) is 18.2 Å². The monoisotopic (exact) mass is 199 g/mol. The van der Waals surface area contributed by atoms with E-state index in [-0.39, 0.29) is 17.8 Å². The lowest BCUT2D eigenvalue weighted by molar-refractivity contribution is 0.0980. The Labute approximate surface area is 80.7 Å².